The Morgan fingerprint density at radius 3 is 2.43 bits per heavy atom. The molecule has 1 aromatic carbocycles. The number of amides is 3. The first-order valence-corrected chi connectivity index (χ1v) is 20.0. The second-order valence-corrected chi connectivity index (χ2v) is 16.2. The zero-order valence-corrected chi connectivity index (χ0v) is 32.5. The van der Waals surface area contributed by atoms with Crippen LogP contribution in [0.2, 0.25) is 0 Å². The van der Waals surface area contributed by atoms with Crippen molar-refractivity contribution < 1.29 is 32.6 Å². The highest BCUT2D eigenvalue weighted by Crippen LogP contribution is 2.39. The minimum atomic E-state index is -3.09. The van der Waals surface area contributed by atoms with Gasteiger partial charge in [0.25, 0.3) is 5.91 Å². The van der Waals surface area contributed by atoms with Crippen molar-refractivity contribution in [1.29, 1.82) is 0 Å². The molecule has 0 bridgehead atoms. The van der Waals surface area contributed by atoms with Crippen LogP contribution in [0, 0.1) is 5.92 Å². The number of piperidine rings is 1. The molecular weight excluding hydrogens is 747 g/mol. The summed E-state index contributed by atoms with van der Waals surface area (Å²) in [5, 5.41) is 12.0. The standard InChI is InChI=1S/C38H48F2N10O5S/c1-26(2)56-28-4-5-32(55-38(39)40)29(20-28)35-31(43-37(53)30-21-42-50-9-3-8-41-36(30)50)23-49(44-35)25-34(52)47-14-12-46(13-15-47)22-27-6-10-45(11-7-27)24-33(51)48-16-18-54-19-17-48/h3-5,8-9,20-21,23,26-27,38H,6-7,10-19,22,24-25H2,1-2H3,(H,43,53). The fourth-order valence-electron chi connectivity index (χ4n) is 7.42. The van der Waals surface area contributed by atoms with Gasteiger partial charge in [-0.15, -0.1) is 11.8 Å². The lowest BCUT2D eigenvalue weighted by Gasteiger charge is -2.39. The van der Waals surface area contributed by atoms with Crippen molar-refractivity contribution in [1.82, 2.24) is 44.0 Å². The Morgan fingerprint density at radius 2 is 1.70 bits per heavy atom. The molecule has 1 N–H and O–H groups in total. The molecule has 3 fully saturated rings. The summed E-state index contributed by atoms with van der Waals surface area (Å²) in [4.78, 5) is 53.4. The van der Waals surface area contributed by atoms with E-state index >= 15 is 0 Å². The summed E-state index contributed by atoms with van der Waals surface area (Å²) >= 11 is 1.54. The van der Waals surface area contributed by atoms with Gasteiger partial charge in [0.1, 0.15) is 23.6 Å². The number of ether oxygens (including phenoxy) is 2. The Hall–Kier alpha value is -4.65. The summed E-state index contributed by atoms with van der Waals surface area (Å²) in [7, 11) is 0. The molecule has 0 aliphatic carbocycles. The number of anilines is 1. The van der Waals surface area contributed by atoms with Crippen molar-refractivity contribution in [2.24, 2.45) is 5.92 Å². The second kappa shape index (κ2) is 18.1. The third-order valence-electron chi connectivity index (χ3n) is 10.3. The molecule has 7 rings (SSSR count). The van der Waals surface area contributed by atoms with Gasteiger partial charge in [-0.3, -0.25) is 28.9 Å². The van der Waals surface area contributed by atoms with E-state index in [9.17, 15) is 23.2 Å². The summed E-state index contributed by atoms with van der Waals surface area (Å²) in [5.74, 6) is -0.0636. The number of nitrogens with one attached hydrogen (secondary N) is 1. The molecule has 3 aromatic heterocycles. The summed E-state index contributed by atoms with van der Waals surface area (Å²) in [5.41, 5.74) is 1.19. The van der Waals surface area contributed by atoms with E-state index in [2.05, 4.69) is 30.3 Å². The molecule has 3 saturated heterocycles. The lowest BCUT2D eigenvalue weighted by molar-refractivity contribution is -0.137. The molecule has 0 unspecified atom stereocenters. The van der Waals surface area contributed by atoms with Gasteiger partial charge in [0.15, 0.2) is 5.65 Å². The van der Waals surface area contributed by atoms with E-state index in [1.54, 1.807) is 30.6 Å². The molecule has 0 spiro atoms. The fourth-order valence-corrected chi connectivity index (χ4v) is 8.30. The zero-order valence-electron chi connectivity index (χ0n) is 31.7. The third kappa shape index (κ3) is 9.83. The van der Waals surface area contributed by atoms with Gasteiger partial charge in [-0.25, -0.2) is 9.50 Å². The number of thioether (sulfide) groups is 1. The minimum Gasteiger partial charge on any atom is -0.434 e. The maximum absolute atomic E-state index is 13.7. The summed E-state index contributed by atoms with van der Waals surface area (Å²) in [6.07, 6.45) is 8.23. The van der Waals surface area contributed by atoms with E-state index in [-0.39, 0.29) is 51.9 Å². The Kier molecular flexibility index (Phi) is 12.8. The predicted molar refractivity (Wildman–Crippen MR) is 206 cm³/mol. The molecule has 0 saturated carbocycles. The molecule has 6 heterocycles. The van der Waals surface area contributed by atoms with Crippen LogP contribution in [-0.2, 0) is 20.9 Å². The van der Waals surface area contributed by atoms with Crippen LogP contribution in [0.4, 0.5) is 14.5 Å². The molecule has 0 radical (unpaired) electrons. The molecule has 3 amide bonds. The van der Waals surface area contributed by atoms with Crippen LogP contribution >= 0.6 is 11.8 Å². The first-order valence-electron chi connectivity index (χ1n) is 19.1. The van der Waals surface area contributed by atoms with Crippen LogP contribution in [0.5, 0.6) is 5.75 Å². The molecule has 18 heteroatoms. The minimum absolute atomic E-state index is 0.110. The quantitative estimate of drug-likeness (QED) is 0.198. The Balaban J connectivity index is 1.00. The van der Waals surface area contributed by atoms with E-state index in [0.717, 1.165) is 50.5 Å². The van der Waals surface area contributed by atoms with Crippen molar-refractivity contribution in [3.63, 3.8) is 0 Å². The molecule has 15 nitrogen and oxygen atoms in total. The first kappa shape index (κ1) is 39.6. The largest absolute Gasteiger partial charge is 0.434 e. The van der Waals surface area contributed by atoms with Crippen LogP contribution < -0.4 is 10.1 Å². The number of likely N-dealkylation sites (tertiary alicyclic amines) is 1. The molecule has 3 aliphatic rings. The lowest BCUT2D eigenvalue weighted by Crippen LogP contribution is -2.51. The number of piperazine rings is 1. The fraction of sp³-hybridized carbons (Fsp3) is 0.526. The van der Waals surface area contributed by atoms with Crippen molar-refractivity contribution in [2.75, 3.05) is 84.0 Å². The molecular formula is C38H48F2N10O5S. The molecule has 56 heavy (non-hydrogen) atoms. The van der Waals surface area contributed by atoms with Crippen LogP contribution in [0.15, 0.2) is 53.9 Å². The summed E-state index contributed by atoms with van der Waals surface area (Å²) in [6, 6.07) is 6.57. The van der Waals surface area contributed by atoms with Gasteiger partial charge in [-0.1, -0.05) is 13.8 Å². The third-order valence-corrected chi connectivity index (χ3v) is 11.3. The topological polar surface area (TPSA) is 143 Å². The normalized spacial score (nSPS) is 17.6. The number of hydrogen-bond acceptors (Lipinski definition) is 11. The average Bonchev–Trinajstić information content (AvgIpc) is 3.80. The number of morpholine rings is 1. The number of hydrogen-bond donors (Lipinski definition) is 1. The van der Waals surface area contributed by atoms with Gasteiger partial charge in [-0.05, 0) is 56.1 Å². The number of benzene rings is 1. The summed E-state index contributed by atoms with van der Waals surface area (Å²) < 4.78 is 40.4. The Morgan fingerprint density at radius 1 is 0.964 bits per heavy atom. The number of alkyl halides is 2. The van der Waals surface area contributed by atoms with Crippen LogP contribution in [0.25, 0.3) is 16.9 Å². The monoisotopic (exact) mass is 794 g/mol. The van der Waals surface area contributed by atoms with Crippen molar-refractivity contribution in [3.8, 4) is 17.0 Å². The summed E-state index contributed by atoms with van der Waals surface area (Å²) in [6.45, 7) is 9.22. The van der Waals surface area contributed by atoms with E-state index in [1.807, 2.05) is 23.6 Å². The van der Waals surface area contributed by atoms with Gasteiger partial charge < -0.3 is 24.6 Å². The number of aromatic nitrogens is 5. The van der Waals surface area contributed by atoms with E-state index in [1.165, 1.54) is 39.4 Å². The molecule has 4 aromatic rings. The smallest absolute Gasteiger partial charge is 0.387 e. The highest BCUT2D eigenvalue weighted by atomic mass is 32.2. The number of nitrogens with zero attached hydrogens (tertiary/aromatic N) is 9. The number of carbonyl (C=O) groups excluding carboxylic acids is 3. The Bertz CT molecular complexity index is 1990. The van der Waals surface area contributed by atoms with Gasteiger partial charge in [0, 0.05) is 80.1 Å². The lowest BCUT2D eigenvalue weighted by atomic mass is 9.96. The van der Waals surface area contributed by atoms with Gasteiger partial charge in [-0.2, -0.15) is 19.0 Å². The van der Waals surface area contributed by atoms with Crippen molar-refractivity contribution >= 4 is 40.8 Å². The SMILES string of the molecule is CC(C)Sc1ccc(OC(F)F)c(-c2nn(CC(=O)N3CCN(CC4CCN(CC(=O)N5CCOCC5)CC4)CC3)cc2NC(=O)c2cnn3cccnc23)c1. The van der Waals surface area contributed by atoms with Crippen LogP contribution in [0.3, 0.4) is 0 Å². The van der Waals surface area contributed by atoms with Crippen molar-refractivity contribution in [2.45, 2.75) is 50.0 Å². The van der Waals surface area contributed by atoms with E-state index in [4.69, 9.17) is 9.47 Å². The number of rotatable bonds is 13. The maximum Gasteiger partial charge on any atom is 0.387 e. The predicted octanol–water partition coefficient (Wildman–Crippen LogP) is 3.66. The molecule has 0 atom stereocenters. The van der Waals surface area contributed by atoms with Gasteiger partial charge >= 0.3 is 6.61 Å². The van der Waals surface area contributed by atoms with Crippen molar-refractivity contribution in [3.05, 3.63) is 54.6 Å². The van der Waals surface area contributed by atoms with Gasteiger partial charge in [0.05, 0.1) is 31.6 Å². The number of fused-ring (bicyclic) bond motifs is 1. The maximum atomic E-state index is 13.7. The van der Waals surface area contributed by atoms with Gasteiger partial charge in [0.2, 0.25) is 11.8 Å². The molecule has 300 valence electrons. The highest BCUT2D eigenvalue weighted by molar-refractivity contribution is 7.99. The van der Waals surface area contributed by atoms with E-state index in [0.29, 0.717) is 57.5 Å². The van der Waals surface area contributed by atoms with E-state index < -0.39 is 12.5 Å². The first-order chi connectivity index (χ1) is 27.1. The molecule has 3 aliphatic heterocycles. The van der Waals surface area contributed by atoms with Crippen LogP contribution in [0.1, 0.15) is 37.0 Å². The second-order valence-electron chi connectivity index (χ2n) is 14.6. The average molecular weight is 795 g/mol. The Labute approximate surface area is 328 Å². The number of carbonyl (C=O) groups is 3. The number of halogens is 2. The zero-order chi connectivity index (χ0) is 39.2. The van der Waals surface area contributed by atoms with Crippen LogP contribution in [-0.4, -0.2) is 152 Å². The highest BCUT2D eigenvalue weighted by Gasteiger charge is 2.29.